The number of ether oxygens (including phenoxy) is 1. The van der Waals surface area contributed by atoms with Gasteiger partial charge in [0.15, 0.2) is 0 Å². The molecule has 3 aromatic rings. The Kier molecular flexibility index (Phi) is 5.41. The Morgan fingerprint density at radius 2 is 1.94 bits per heavy atom. The first-order valence-electron chi connectivity index (χ1n) is 10.2. The molecule has 0 fully saturated rings. The van der Waals surface area contributed by atoms with Crippen molar-refractivity contribution in [2.75, 3.05) is 0 Å². The fraction of sp³-hybridized carbons (Fsp3) is 0.304. The molecule has 9 heteroatoms. The van der Waals surface area contributed by atoms with Gasteiger partial charge in [-0.2, -0.15) is 5.10 Å². The number of rotatable bonds is 4. The third-order valence-electron chi connectivity index (χ3n) is 5.06. The molecule has 0 saturated carbocycles. The molecule has 2 aromatic carbocycles. The highest BCUT2D eigenvalue weighted by Crippen LogP contribution is 2.35. The minimum absolute atomic E-state index is 0.0225. The van der Waals surface area contributed by atoms with Crippen LogP contribution in [-0.4, -0.2) is 31.3 Å². The highest BCUT2D eigenvalue weighted by atomic mass is 19.1. The van der Waals surface area contributed by atoms with E-state index in [9.17, 15) is 19.3 Å². The van der Waals surface area contributed by atoms with Crippen molar-refractivity contribution in [1.82, 2.24) is 14.7 Å². The number of non-ortho nitro benzene ring substituents is 1. The molecule has 1 aromatic heterocycles. The van der Waals surface area contributed by atoms with Crippen LogP contribution in [-0.2, 0) is 24.4 Å². The molecular weight excluding hydrogens is 415 g/mol. The highest BCUT2D eigenvalue weighted by molar-refractivity contribution is 5.72. The number of hydrogen-bond acceptors (Lipinski definition) is 5. The maximum atomic E-state index is 14.8. The molecule has 0 N–H and O–H groups in total. The zero-order valence-corrected chi connectivity index (χ0v) is 18.0. The van der Waals surface area contributed by atoms with Crippen molar-refractivity contribution >= 4 is 11.8 Å². The monoisotopic (exact) mass is 438 g/mol. The molecule has 0 unspecified atom stereocenters. The summed E-state index contributed by atoms with van der Waals surface area (Å²) in [7, 11) is 0. The van der Waals surface area contributed by atoms with E-state index in [1.54, 1.807) is 55.8 Å². The van der Waals surface area contributed by atoms with Gasteiger partial charge >= 0.3 is 6.09 Å². The van der Waals surface area contributed by atoms with E-state index in [2.05, 4.69) is 5.10 Å². The Bertz CT molecular complexity index is 1200. The first kappa shape index (κ1) is 21.5. The predicted octanol–water partition coefficient (Wildman–Crippen LogP) is 4.90. The van der Waals surface area contributed by atoms with Crippen molar-refractivity contribution in [2.24, 2.45) is 0 Å². The van der Waals surface area contributed by atoms with Crippen LogP contribution in [0.4, 0.5) is 14.9 Å². The van der Waals surface area contributed by atoms with Crippen molar-refractivity contribution < 1.29 is 18.8 Å². The maximum absolute atomic E-state index is 14.8. The van der Waals surface area contributed by atoms with Crippen LogP contribution >= 0.6 is 0 Å². The zero-order chi connectivity index (χ0) is 23.0. The van der Waals surface area contributed by atoms with Gasteiger partial charge in [0.1, 0.15) is 11.4 Å². The first-order valence-corrected chi connectivity index (χ1v) is 10.2. The molecule has 166 valence electrons. The number of benzene rings is 2. The minimum atomic E-state index is -0.632. The van der Waals surface area contributed by atoms with E-state index >= 15 is 0 Å². The summed E-state index contributed by atoms with van der Waals surface area (Å²) >= 11 is 0. The standard InChI is InChI=1S/C23H23FN4O4/c1-23(2,3)32-22(29)26-13-18-20(14-26)25-27(21(18)17-9-4-5-10-19(17)24)12-15-7-6-8-16(11-15)28(30)31/h4-11H,12-14H2,1-3H3. The second kappa shape index (κ2) is 8.07. The van der Waals surface area contributed by atoms with Crippen LogP contribution in [0.3, 0.4) is 0 Å². The van der Waals surface area contributed by atoms with Crippen LogP contribution < -0.4 is 0 Å². The van der Waals surface area contributed by atoms with Crippen LogP contribution in [0.15, 0.2) is 48.5 Å². The van der Waals surface area contributed by atoms with E-state index in [1.165, 1.54) is 23.1 Å². The SMILES string of the molecule is CC(C)(C)OC(=O)N1Cc2nn(Cc3cccc([N+](=O)[O-])c3)c(-c3ccccc3F)c2C1. The Morgan fingerprint density at radius 3 is 2.62 bits per heavy atom. The summed E-state index contributed by atoms with van der Waals surface area (Å²) in [6.45, 7) is 6.10. The summed E-state index contributed by atoms with van der Waals surface area (Å²) in [4.78, 5) is 24.8. The Balaban J connectivity index is 1.72. The maximum Gasteiger partial charge on any atom is 0.410 e. The first-order chi connectivity index (χ1) is 15.1. The number of nitro groups is 1. The molecular formula is C23H23FN4O4. The second-order valence-electron chi connectivity index (χ2n) is 8.67. The fourth-order valence-electron chi connectivity index (χ4n) is 3.74. The van der Waals surface area contributed by atoms with E-state index < -0.39 is 22.4 Å². The van der Waals surface area contributed by atoms with E-state index in [-0.39, 0.29) is 25.3 Å². The quantitative estimate of drug-likeness (QED) is 0.427. The van der Waals surface area contributed by atoms with Gasteiger partial charge in [-0.25, -0.2) is 9.18 Å². The molecule has 0 spiro atoms. The lowest BCUT2D eigenvalue weighted by molar-refractivity contribution is -0.384. The Labute approximate surface area is 184 Å². The number of carbonyl (C=O) groups is 1. The van der Waals surface area contributed by atoms with Gasteiger partial charge in [-0.1, -0.05) is 24.3 Å². The van der Waals surface area contributed by atoms with Crippen molar-refractivity contribution in [2.45, 2.75) is 46.0 Å². The molecule has 8 nitrogen and oxygen atoms in total. The number of nitro benzene ring substituents is 1. The lowest BCUT2D eigenvalue weighted by Gasteiger charge is -2.24. The molecule has 0 atom stereocenters. The Hall–Kier alpha value is -3.75. The molecule has 0 bridgehead atoms. The summed E-state index contributed by atoms with van der Waals surface area (Å²) < 4.78 is 21.9. The largest absolute Gasteiger partial charge is 0.444 e. The molecule has 2 heterocycles. The number of carbonyl (C=O) groups excluding carboxylic acids is 1. The second-order valence-corrected chi connectivity index (χ2v) is 8.67. The number of halogens is 1. The average Bonchev–Trinajstić information content (AvgIpc) is 3.25. The molecule has 0 aliphatic carbocycles. The molecule has 0 radical (unpaired) electrons. The van der Waals surface area contributed by atoms with Crippen molar-refractivity contribution in [3.63, 3.8) is 0 Å². The third-order valence-corrected chi connectivity index (χ3v) is 5.06. The van der Waals surface area contributed by atoms with Crippen LogP contribution in [0.1, 0.15) is 37.6 Å². The summed E-state index contributed by atoms with van der Waals surface area (Å²) in [5.41, 5.74) is 2.32. The number of fused-ring (bicyclic) bond motifs is 1. The van der Waals surface area contributed by atoms with Gasteiger partial charge in [0.25, 0.3) is 5.69 Å². The highest BCUT2D eigenvalue weighted by Gasteiger charge is 2.33. The zero-order valence-electron chi connectivity index (χ0n) is 18.0. The average molecular weight is 438 g/mol. The fourth-order valence-corrected chi connectivity index (χ4v) is 3.74. The number of hydrogen-bond donors (Lipinski definition) is 0. The van der Waals surface area contributed by atoms with Gasteiger partial charge in [-0.3, -0.25) is 19.7 Å². The normalized spacial score (nSPS) is 13.2. The van der Waals surface area contributed by atoms with Crippen LogP contribution in [0.25, 0.3) is 11.3 Å². The lowest BCUT2D eigenvalue weighted by atomic mass is 10.1. The Morgan fingerprint density at radius 1 is 1.19 bits per heavy atom. The van der Waals surface area contributed by atoms with Gasteiger partial charge in [0, 0.05) is 23.3 Å². The van der Waals surface area contributed by atoms with E-state index in [0.29, 0.717) is 22.5 Å². The van der Waals surface area contributed by atoms with Crippen molar-refractivity contribution in [3.05, 3.63) is 81.3 Å². The number of aromatic nitrogens is 2. The molecule has 0 saturated heterocycles. The summed E-state index contributed by atoms with van der Waals surface area (Å²) in [6, 6.07) is 12.6. The minimum Gasteiger partial charge on any atom is -0.444 e. The van der Waals surface area contributed by atoms with E-state index in [0.717, 1.165) is 5.56 Å². The van der Waals surface area contributed by atoms with Crippen LogP contribution in [0.2, 0.25) is 0 Å². The van der Waals surface area contributed by atoms with E-state index in [1.807, 2.05) is 0 Å². The summed E-state index contributed by atoms with van der Waals surface area (Å²) in [5, 5.41) is 15.8. The topological polar surface area (TPSA) is 90.5 Å². The third kappa shape index (κ3) is 4.32. The summed E-state index contributed by atoms with van der Waals surface area (Å²) in [6.07, 6.45) is -0.458. The molecule has 4 rings (SSSR count). The number of nitrogens with zero attached hydrogens (tertiary/aromatic N) is 4. The van der Waals surface area contributed by atoms with E-state index in [4.69, 9.17) is 4.74 Å². The van der Waals surface area contributed by atoms with Gasteiger partial charge in [-0.05, 0) is 38.5 Å². The predicted molar refractivity (Wildman–Crippen MR) is 115 cm³/mol. The van der Waals surface area contributed by atoms with Crippen molar-refractivity contribution in [3.8, 4) is 11.3 Å². The molecule has 1 aliphatic rings. The van der Waals surface area contributed by atoms with Gasteiger partial charge < -0.3 is 4.74 Å². The summed E-state index contributed by atoms with van der Waals surface area (Å²) in [5.74, 6) is -0.411. The van der Waals surface area contributed by atoms with Crippen molar-refractivity contribution in [1.29, 1.82) is 0 Å². The molecule has 32 heavy (non-hydrogen) atoms. The smallest absolute Gasteiger partial charge is 0.410 e. The number of amides is 1. The van der Waals surface area contributed by atoms with Crippen LogP contribution in [0, 0.1) is 15.9 Å². The molecule has 1 aliphatic heterocycles. The van der Waals surface area contributed by atoms with Gasteiger partial charge in [0.2, 0.25) is 0 Å². The van der Waals surface area contributed by atoms with Crippen LogP contribution in [0.5, 0.6) is 0 Å². The van der Waals surface area contributed by atoms with Gasteiger partial charge in [-0.15, -0.1) is 0 Å². The molecule has 1 amide bonds. The van der Waals surface area contributed by atoms with Gasteiger partial charge in [0.05, 0.1) is 35.9 Å². The lowest BCUT2D eigenvalue weighted by Crippen LogP contribution is -2.33.